The highest BCUT2D eigenvalue weighted by Gasteiger charge is 2.38. The summed E-state index contributed by atoms with van der Waals surface area (Å²) in [6.45, 7) is -0.349. The largest absolute Gasteiger partial charge is 0.405 e. The molecule has 2 bridgehead atoms. The average Bonchev–Trinajstić information content (AvgIpc) is 3.11. The van der Waals surface area contributed by atoms with Gasteiger partial charge in [-0.05, 0) is 24.5 Å². The van der Waals surface area contributed by atoms with Crippen molar-refractivity contribution in [2.45, 2.75) is 25.1 Å². The third-order valence-corrected chi connectivity index (χ3v) is 5.60. The first-order valence-electron chi connectivity index (χ1n) is 9.49. The van der Waals surface area contributed by atoms with E-state index in [1.165, 1.54) is 10.6 Å². The van der Waals surface area contributed by atoms with Gasteiger partial charge in [0.1, 0.15) is 12.1 Å². The standard InChI is InChI=1S/C19H20F3N5O3/c1-25-5-4-23-15(25)18(30)26-7-11-6-12(9-26)14-3-2-13(17(29)27(14)8-11)16(28)24-10-19(20,21)22/h2-5,11-12H,6-10H2,1H3,(H,24,28)/t11-,12+/m0/s1. The topological polar surface area (TPSA) is 89.2 Å². The van der Waals surface area contributed by atoms with Crippen molar-refractivity contribution in [1.82, 2.24) is 24.3 Å². The highest BCUT2D eigenvalue weighted by molar-refractivity contribution is 5.94. The van der Waals surface area contributed by atoms with Gasteiger partial charge in [-0.3, -0.25) is 14.4 Å². The van der Waals surface area contributed by atoms with Crippen molar-refractivity contribution in [2.75, 3.05) is 19.6 Å². The molecule has 11 heteroatoms. The van der Waals surface area contributed by atoms with E-state index in [1.54, 1.807) is 40.3 Å². The van der Waals surface area contributed by atoms with E-state index in [2.05, 4.69) is 4.98 Å². The number of nitrogens with one attached hydrogen (secondary N) is 1. The summed E-state index contributed by atoms with van der Waals surface area (Å²) in [4.78, 5) is 43.5. The Bertz CT molecular complexity index is 1060. The van der Waals surface area contributed by atoms with Crippen molar-refractivity contribution in [3.63, 3.8) is 0 Å². The molecular weight excluding hydrogens is 403 g/mol. The molecule has 2 amide bonds. The second kappa shape index (κ2) is 7.29. The van der Waals surface area contributed by atoms with Crippen molar-refractivity contribution >= 4 is 11.8 Å². The van der Waals surface area contributed by atoms with Crippen LogP contribution in [0, 0.1) is 5.92 Å². The second-order valence-corrected chi connectivity index (χ2v) is 7.76. The summed E-state index contributed by atoms with van der Waals surface area (Å²) >= 11 is 0. The highest BCUT2D eigenvalue weighted by atomic mass is 19.4. The molecule has 0 radical (unpaired) electrons. The van der Waals surface area contributed by atoms with E-state index in [-0.39, 0.29) is 23.3 Å². The maximum absolute atomic E-state index is 12.8. The predicted octanol–water partition coefficient (Wildman–Crippen LogP) is 1.13. The molecule has 0 saturated carbocycles. The van der Waals surface area contributed by atoms with Gasteiger partial charge in [-0.1, -0.05) is 0 Å². The number of hydrogen-bond acceptors (Lipinski definition) is 4. The molecule has 2 aliphatic rings. The molecule has 1 fully saturated rings. The first-order valence-corrected chi connectivity index (χ1v) is 9.49. The number of carbonyl (C=O) groups excluding carboxylic acids is 2. The maximum Gasteiger partial charge on any atom is 0.405 e. The molecule has 1 N–H and O–H groups in total. The number of alkyl halides is 3. The van der Waals surface area contributed by atoms with E-state index in [1.807, 2.05) is 0 Å². The summed E-state index contributed by atoms with van der Waals surface area (Å²) in [5, 5.41) is 1.74. The Balaban J connectivity index is 1.57. The normalized spacial score (nSPS) is 20.6. The smallest absolute Gasteiger partial charge is 0.343 e. The van der Waals surface area contributed by atoms with E-state index in [0.29, 0.717) is 31.2 Å². The quantitative estimate of drug-likeness (QED) is 0.802. The Hall–Kier alpha value is -3.11. The van der Waals surface area contributed by atoms with E-state index in [9.17, 15) is 27.6 Å². The average molecular weight is 423 g/mol. The minimum atomic E-state index is -4.56. The van der Waals surface area contributed by atoms with E-state index < -0.39 is 24.2 Å². The Morgan fingerprint density at radius 1 is 1.23 bits per heavy atom. The zero-order valence-electron chi connectivity index (χ0n) is 16.1. The summed E-state index contributed by atoms with van der Waals surface area (Å²) in [6.07, 6.45) is -0.514. The summed E-state index contributed by atoms with van der Waals surface area (Å²) in [5.41, 5.74) is -0.240. The molecule has 2 aromatic heterocycles. The Morgan fingerprint density at radius 2 is 2.00 bits per heavy atom. The van der Waals surface area contributed by atoms with Gasteiger partial charge in [0.15, 0.2) is 5.82 Å². The number of rotatable bonds is 3. The minimum absolute atomic E-state index is 0.00616. The summed E-state index contributed by atoms with van der Waals surface area (Å²) in [7, 11) is 1.74. The van der Waals surface area contributed by atoms with Crippen LogP contribution < -0.4 is 10.9 Å². The molecule has 0 unspecified atom stereocenters. The van der Waals surface area contributed by atoms with Crippen molar-refractivity contribution in [2.24, 2.45) is 13.0 Å². The van der Waals surface area contributed by atoms with Crippen LogP contribution in [0.25, 0.3) is 0 Å². The van der Waals surface area contributed by atoms with Gasteiger partial charge >= 0.3 is 6.18 Å². The minimum Gasteiger partial charge on any atom is -0.343 e. The molecule has 30 heavy (non-hydrogen) atoms. The van der Waals surface area contributed by atoms with E-state index >= 15 is 0 Å². The van der Waals surface area contributed by atoms with Gasteiger partial charge in [-0.25, -0.2) is 4.98 Å². The van der Waals surface area contributed by atoms with Crippen LogP contribution >= 0.6 is 0 Å². The molecule has 2 aliphatic heterocycles. The van der Waals surface area contributed by atoms with Crippen LogP contribution in [0.1, 0.15) is 39.0 Å². The number of piperidine rings is 1. The van der Waals surface area contributed by atoms with Crippen molar-refractivity contribution in [1.29, 1.82) is 0 Å². The zero-order chi connectivity index (χ0) is 21.6. The fourth-order valence-corrected chi connectivity index (χ4v) is 4.27. The molecular formula is C19H20F3N5O3. The van der Waals surface area contributed by atoms with Crippen LogP contribution in [0.3, 0.4) is 0 Å². The van der Waals surface area contributed by atoms with Gasteiger partial charge < -0.3 is 19.4 Å². The van der Waals surface area contributed by atoms with Crippen molar-refractivity contribution in [3.8, 4) is 0 Å². The molecule has 1 saturated heterocycles. The molecule has 160 valence electrons. The lowest BCUT2D eigenvalue weighted by atomic mass is 9.83. The predicted molar refractivity (Wildman–Crippen MR) is 99.0 cm³/mol. The number of aryl methyl sites for hydroxylation is 1. The van der Waals surface area contributed by atoms with Crippen LogP contribution in [0.15, 0.2) is 29.3 Å². The lowest BCUT2D eigenvalue weighted by molar-refractivity contribution is -0.123. The number of hydrogen-bond donors (Lipinski definition) is 1. The van der Waals surface area contributed by atoms with Gasteiger partial charge in [-0.15, -0.1) is 0 Å². The fourth-order valence-electron chi connectivity index (χ4n) is 4.27. The molecule has 0 aliphatic carbocycles. The SMILES string of the molecule is Cn1ccnc1C(=O)N1C[C@@H]2C[C@H](C1)c1ccc(C(=O)NCC(F)(F)F)c(=O)n1C2. The molecule has 0 spiro atoms. The second-order valence-electron chi connectivity index (χ2n) is 7.76. The Morgan fingerprint density at radius 3 is 2.67 bits per heavy atom. The van der Waals surface area contributed by atoms with Crippen LogP contribution in [0.5, 0.6) is 0 Å². The molecule has 2 aromatic rings. The third-order valence-electron chi connectivity index (χ3n) is 5.60. The van der Waals surface area contributed by atoms with Gasteiger partial charge in [0.25, 0.3) is 17.4 Å². The number of halogens is 3. The van der Waals surface area contributed by atoms with Crippen molar-refractivity contribution in [3.05, 3.63) is 52.0 Å². The first-order chi connectivity index (χ1) is 14.1. The number of aromatic nitrogens is 3. The maximum atomic E-state index is 12.8. The third kappa shape index (κ3) is 3.71. The van der Waals surface area contributed by atoms with Crippen molar-refractivity contribution < 1.29 is 22.8 Å². The number of likely N-dealkylation sites (tertiary alicyclic amines) is 1. The summed E-state index contributed by atoms with van der Waals surface area (Å²) < 4.78 is 40.2. The summed E-state index contributed by atoms with van der Waals surface area (Å²) in [5.74, 6) is -0.983. The van der Waals surface area contributed by atoms with Crippen LogP contribution in [-0.4, -0.2) is 56.6 Å². The van der Waals surface area contributed by atoms with Gasteiger partial charge in [0.05, 0.1) is 0 Å². The lowest BCUT2D eigenvalue weighted by Gasteiger charge is -2.42. The Kier molecular flexibility index (Phi) is 4.91. The van der Waals surface area contributed by atoms with Gasteiger partial charge in [0, 0.05) is 50.7 Å². The highest BCUT2D eigenvalue weighted by Crippen LogP contribution is 2.35. The monoisotopic (exact) mass is 423 g/mol. The number of pyridine rings is 1. The number of fused-ring (bicyclic) bond motifs is 4. The first kappa shape index (κ1) is 20.2. The molecule has 4 heterocycles. The molecule has 0 aromatic carbocycles. The molecule has 4 rings (SSSR count). The van der Waals surface area contributed by atoms with Crippen LogP contribution in [-0.2, 0) is 13.6 Å². The number of imidazole rings is 1. The molecule has 2 atom stereocenters. The number of carbonyl (C=O) groups is 2. The lowest BCUT2D eigenvalue weighted by Crippen LogP contribution is -2.50. The Labute approximate surface area is 169 Å². The van der Waals surface area contributed by atoms with Gasteiger partial charge in [0.2, 0.25) is 0 Å². The van der Waals surface area contributed by atoms with Crippen LogP contribution in [0.2, 0.25) is 0 Å². The number of amides is 2. The fraction of sp³-hybridized carbons (Fsp3) is 0.474. The zero-order valence-corrected chi connectivity index (χ0v) is 16.1. The number of nitrogens with zero attached hydrogens (tertiary/aromatic N) is 4. The molecule has 8 nitrogen and oxygen atoms in total. The van der Waals surface area contributed by atoms with E-state index in [0.717, 1.165) is 6.42 Å². The summed E-state index contributed by atoms with van der Waals surface area (Å²) in [6, 6.07) is 2.86. The van der Waals surface area contributed by atoms with E-state index in [4.69, 9.17) is 0 Å². The van der Waals surface area contributed by atoms with Crippen LogP contribution in [0.4, 0.5) is 13.2 Å². The van der Waals surface area contributed by atoms with Gasteiger partial charge in [-0.2, -0.15) is 13.2 Å².